The third-order valence-corrected chi connectivity index (χ3v) is 11.0. The number of phosphoric acid groups is 1. The fraction of sp³-hybridized carbons (Fsp3) is 0.787. The second-order valence-electron chi connectivity index (χ2n) is 15.8. The molecule has 0 fully saturated rings. The first kappa shape index (κ1) is 56.9. The lowest BCUT2D eigenvalue weighted by Crippen LogP contribution is -2.29. The first-order valence-electron chi connectivity index (χ1n) is 23.1. The monoisotopic (exact) mass is 857 g/mol. The molecule has 0 aliphatic heterocycles. The molecule has 0 heterocycles. The second kappa shape index (κ2) is 42.6. The average molecular weight is 857 g/mol. The maximum absolute atomic E-state index is 12.6. The highest BCUT2D eigenvalue weighted by atomic mass is 31.2. The third-order valence-electron chi connectivity index (χ3n) is 10.1. The number of carbonyl (C=O) groups excluding carboxylic acids is 2. The molecule has 12 heteroatoms. The number of esters is 2. The zero-order valence-corrected chi connectivity index (χ0v) is 38.0. The van der Waals surface area contributed by atoms with Crippen LogP contribution >= 0.6 is 7.82 Å². The zero-order valence-electron chi connectivity index (χ0n) is 37.1. The number of phosphoric ester groups is 1. The quantitative estimate of drug-likeness (QED) is 0.0199. The van der Waals surface area contributed by atoms with Crippen LogP contribution in [-0.2, 0) is 32.7 Å². The molecule has 4 atom stereocenters. The van der Waals surface area contributed by atoms with E-state index in [1.807, 2.05) is 12.2 Å². The smallest absolute Gasteiger partial charge is 0.462 e. The lowest BCUT2D eigenvalue weighted by atomic mass is 9.99. The van der Waals surface area contributed by atoms with Crippen LogP contribution in [-0.4, -0.2) is 77.4 Å². The van der Waals surface area contributed by atoms with Gasteiger partial charge in [0.15, 0.2) is 6.10 Å². The minimum atomic E-state index is -4.64. The van der Waals surface area contributed by atoms with Gasteiger partial charge in [0.05, 0.1) is 19.8 Å². The summed E-state index contributed by atoms with van der Waals surface area (Å²) in [5.41, 5.74) is 0. The van der Waals surface area contributed by atoms with Crippen molar-refractivity contribution in [1.82, 2.24) is 0 Å². The van der Waals surface area contributed by atoms with E-state index in [9.17, 15) is 24.2 Å². The Kier molecular flexibility index (Phi) is 41.1. The molecule has 0 aliphatic rings. The Hall–Kier alpha value is -2.11. The van der Waals surface area contributed by atoms with Crippen LogP contribution < -0.4 is 0 Å². The van der Waals surface area contributed by atoms with E-state index in [4.69, 9.17) is 24.2 Å². The van der Waals surface area contributed by atoms with Gasteiger partial charge in [0.25, 0.3) is 0 Å². The fourth-order valence-corrected chi connectivity index (χ4v) is 6.91. The Balaban J connectivity index is 4.33. The van der Waals surface area contributed by atoms with Gasteiger partial charge in [-0.1, -0.05) is 165 Å². The van der Waals surface area contributed by atoms with Crippen LogP contribution in [0.1, 0.15) is 187 Å². The Morgan fingerprint density at radius 3 is 1.56 bits per heavy atom. The number of hydrogen-bond acceptors (Lipinski definition) is 10. The molecular weight excluding hydrogens is 771 g/mol. The van der Waals surface area contributed by atoms with Gasteiger partial charge >= 0.3 is 19.8 Å². The van der Waals surface area contributed by atoms with Crippen LogP contribution in [0.15, 0.2) is 48.6 Å². The molecule has 0 rings (SSSR count). The molecule has 0 aliphatic carbocycles. The molecule has 0 saturated heterocycles. The highest BCUT2D eigenvalue weighted by Crippen LogP contribution is 2.43. The summed E-state index contributed by atoms with van der Waals surface area (Å²) in [4.78, 5) is 35.0. The molecule has 59 heavy (non-hydrogen) atoms. The van der Waals surface area contributed by atoms with Gasteiger partial charge in [-0.25, -0.2) is 4.57 Å². The Morgan fingerprint density at radius 2 is 1.03 bits per heavy atom. The molecule has 11 nitrogen and oxygen atoms in total. The SMILES string of the molecule is CCC(C)CCCCCCCCCCCCCCCCC(=O)O[C@H](COC(=O)CCC/C=C\C/C=C\C/C=C\C/C=C\CCCCCO)COP(=O)(O)OC[C@@H](O)CO. The lowest BCUT2D eigenvalue weighted by Gasteiger charge is -2.20. The Bertz CT molecular complexity index is 1140. The standard InChI is InChI=1S/C47H85O11P/c1-3-43(2)35-31-27-23-19-15-11-8-9-13-17-21-25-29-33-37-47(52)58-45(42-57-59(53,54)56-40-44(50)39-49)41-55-46(51)36-32-28-24-20-16-12-7-5-4-6-10-14-18-22-26-30-34-38-48/h4,6-7,12,14,18,20,24,43-45,48-50H,3,5,8-11,13,15-17,19,21-23,25-42H2,1-2H3,(H,53,54)/b6-4-,12-7-,18-14-,24-20-/t43?,44-,45+/m0/s1. The summed E-state index contributed by atoms with van der Waals surface area (Å²) in [7, 11) is -4.64. The van der Waals surface area contributed by atoms with Crippen LogP contribution in [0.5, 0.6) is 0 Å². The van der Waals surface area contributed by atoms with Crippen molar-refractivity contribution in [2.45, 2.75) is 199 Å². The normalized spacial score (nSPS) is 14.7. The van der Waals surface area contributed by atoms with Crippen molar-refractivity contribution < 1.29 is 52.9 Å². The van der Waals surface area contributed by atoms with Crippen LogP contribution in [0, 0.1) is 5.92 Å². The van der Waals surface area contributed by atoms with Gasteiger partial charge in [-0.15, -0.1) is 0 Å². The van der Waals surface area contributed by atoms with E-state index in [2.05, 4.69) is 54.8 Å². The van der Waals surface area contributed by atoms with E-state index in [-0.39, 0.29) is 26.1 Å². The van der Waals surface area contributed by atoms with Crippen molar-refractivity contribution in [3.05, 3.63) is 48.6 Å². The van der Waals surface area contributed by atoms with Crippen molar-refractivity contribution in [2.24, 2.45) is 5.92 Å². The Labute approximate surface area is 358 Å². The van der Waals surface area contributed by atoms with Crippen molar-refractivity contribution in [2.75, 3.05) is 33.0 Å². The molecule has 344 valence electrons. The predicted molar refractivity (Wildman–Crippen MR) is 239 cm³/mol. The number of carbonyl (C=O) groups is 2. The summed E-state index contributed by atoms with van der Waals surface area (Å²) in [6, 6.07) is 0. The van der Waals surface area contributed by atoms with Crippen LogP contribution in [0.4, 0.5) is 0 Å². The second-order valence-corrected chi connectivity index (χ2v) is 17.2. The van der Waals surface area contributed by atoms with Gasteiger partial charge in [-0.05, 0) is 63.7 Å². The highest BCUT2D eigenvalue weighted by Gasteiger charge is 2.27. The van der Waals surface area contributed by atoms with Crippen molar-refractivity contribution in [1.29, 1.82) is 0 Å². The zero-order chi connectivity index (χ0) is 43.5. The van der Waals surface area contributed by atoms with Gasteiger partial charge in [-0.2, -0.15) is 0 Å². The minimum absolute atomic E-state index is 0.156. The van der Waals surface area contributed by atoms with E-state index in [1.54, 1.807) is 0 Å². The van der Waals surface area contributed by atoms with Crippen LogP contribution in [0.3, 0.4) is 0 Å². The van der Waals surface area contributed by atoms with Crippen LogP contribution in [0.2, 0.25) is 0 Å². The summed E-state index contributed by atoms with van der Waals surface area (Å²) in [5.74, 6) is -0.134. The molecule has 0 aromatic heterocycles. The fourth-order valence-electron chi connectivity index (χ4n) is 6.12. The minimum Gasteiger partial charge on any atom is -0.462 e. The molecule has 0 saturated carbocycles. The molecule has 4 N–H and O–H groups in total. The van der Waals surface area contributed by atoms with Gasteiger partial charge in [0.1, 0.15) is 12.7 Å². The molecule has 2 unspecified atom stereocenters. The van der Waals surface area contributed by atoms with Crippen molar-refractivity contribution >= 4 is 19.8 Å². The number of aliphatic hydroxyl groups is 3. The number of unbranched alkanes of at least 4 members (excludes halogenated alkanes) is 17. The summed E-state index contributed by atoms with van der Waals surface area (Å²) >= 11 is 0. The van der Waals surface area contributed by atoms with Crippen LogP contribution in [0.25, 0.3) is 0 Å². The lowest BCUT2D eigenvalue weighted by molar-refractivity contribution is -0.161. The summed E-state index contributed by atoms with van der Waals surface area (Å²) in [6.45, 7) is 2.70. The van der Waals surface area contributed by atoms with E-state index in [0.717, 1.165) is 70.1 Å². The number of allylic oxidation sites excluding steroid dienone is 8. The van der Waals surface area contributed by atoms with E-state index in [0.29, 0.717) is 19.3 Å². The topological polar surface area (TPSA) is 169 Å². The predicted octanol–water partition coefficient (Wildman–Crippen LogP) is 11.3. The van der Waals surface area contributed by atoms with Gasteiger partial charge in [0.2, 0.25) is 0 Å². The number of aliphatic hydroxyl groups excluding tert-OH is 3. The largest absolute Gasteiger partial charge is 0.472 e. The maximum Gasteiger partial charge on any atom is 0.472 e. The summed E-state index contributed by atoms with van der Waals surface area (Å²) in [6.07, 6.45) is 42.3. The first-order valence-corrected chi connectivity index (χ1v) is 24.6. The highest BCUT2D eigenvalue weighted by molar-refractivity contribution is 7.47. The molecule has 0 aromatic carbocycles. The molecule has 0 amide bonds. The van der Waals surface area contributed by atoms with Crippen molar-refractivity contribution in [3.8, 4) is 0 Å². The van der Waals surface area contributed by atoms with Gasteiger partial charge in [-0.3, -0.25) is 18.6 Å². The van der Waals surface area contributed by atoms with E-state index in [1.165, 1.54) is 77.0 Å². The summed E-state index contributed by atoms with van der Waals surface area (Å²) < 4.78 is 32.7. The van der Waals surface area contributed by atoms with Gasteiger partial charge in [0, 0.05) is 19.4 Å². The van der Waals surface area contributed by atoms with E-state index >= 15 is 0 Å². The van der Waals surface area contributed by atoms with E-state index < -0.39 is 51.8 Å². The maximum atomic E-state index is 12.6. The third kappa shape index (κ3) is 42.4. The average Bonchev–Trinajstić information content (AvgIpc) is 3.22. The van der Waals surface area contributed by atoms with Crippen molar-refractivity contribution in [3.63, 3.8) is 0 Å². The van der Waals surface area contributed by atoms with Gasteiger partial charge < -0.3 is 29.7 Å². The first-order chi connectivity index (χ1) is 28.6. The number of rotatable bonds is 43. The molecule has 0 aromatic rings. The molecule has 0 bridgehead atoms. The molecular formula is C47H85O11P. The number of ether oxygens (including phenoxy) is 2. The molecule has 0 spiro atoms. The number of hydrogen-bond donors (Lipinski definition) is 4. The summed E-state index contributed by atoms with van der Waals surface area (Å²) in [5, 5.41) is 27.1. The molecule has 0 radical (unpaired) electrons. The Morgan fingerprint density at radius 1 is 0.576 bits per heavy atom.